The van der Waals surface area contributed by atoms with Gasteiger partial charge in [0.1, 0.15) is 5.82 Å². The molecule has 1 heterocycles. The Morgan fingerprint density at radius 3 is 2.42 bits per heavy atom. The van der Waals surface area contributed by atoms with Crippen LogP contribution in [0.3, 0.4) is 0 Å². The summed E-state index contributed by atoms with van der Waals surface area (Å²) < 4.78 is 30.6. The third-order valence-corrected chi connectivity index (χ3v) is 7.34. The van der Waals surface area contributed by atoms with Crippen LogP contribution < -0.4 is 15.4 Å². The number of sulfonamides is 1. The summed E-state index contributed by atoms with van der Waals surface area (Å²) in [5.74, 6) is 1.04. The Hall–Kier alpha value is -2.50. The summed E-state index contributed by atoms with van der Waals surface area (Å²) in [4.78, 5) is 18.9. The van der Waals surface area contributed by atoms with Crippen molar-refractivity contribution in [3.05, 3.63) is 47.5 Å². The van der Waals surface area contributed by atoms with Gasteiger partial charge in [0.05, 0.1) is 18.3 Å². The van der Waals surface area contributed by atoms with Crippen LogP contribution in [0.1, 0.15) is 70.7 Å². The first kappa shape index (κ1) is 29.7. The summed E-state index contributed by atoms with van der Waals surface area (Å²) in [5.41, 5.74) is 1.12. The Bertz CT molecular complexity index is 1020. The fourth-order valence-electron chi connectivity index (χ4n) is 3.89. The third kappa shape index (κ3) is 10.2. The largest absolute Gasteiger partial charge is 0.336 e. The average molecular weight is 522 g/mol. The predicted octanol–water partition coefficient (Wildman–Crippen LogP) is 2.83. The minimum absolute atomic E-state index is 0.0168. The molecule has 0 bridgehead atoms. The molecule has 10 nitrogen and oxygen atoms in total. The Kier molecular flexibility index (Phi) is 12.3. The molecule has 3 N–H and O–H groups in total. The van der Waals surface area contributed by atoms with Crippen molar-refractivity contribution in [2.45, 2.75) is 79.1 Å². The fourth-order valence-corrected chi connectivity index (χ4v) is 5.17. The SMILES string of the molecule is CCN(CC)CCCS(=O)(=O)N[C@H](CCc1ccccc1)c1nc(CNC(=O)NC(C)C)n(CC)n1. The fraction of sp³-hybridized carbons (Fsp3) is 0.640. The Labute approximate surface area is 216 Å². The van der Waals surface area contributed by atoms with Crippen molar-refractivity contribution in [2.24, 2.45) is 0 Å². The Balaban J connectivity index is 2.17. The minimum Gasteiger partial charge on any atom is -0.336 e. The second kappa shape index (κ2) is 14.9. The lowest BCUT2D eigenvalue weighted by atomic mass is 10.1. The Morgan fingerprint density at radius 2 is 1.81 bits per heavy atom. The number of amides is 2. The number of nitrogens with zero attached hydrogens (tertiary/aromatic N) is 4. The van der Waals surface area contributed by atoms with Gasteiger partial charge in [0.15, 0.2) is 5.82 Å². The lowest BCUT2D eigenvalue weighted by Gasteiger charge is -2.19. The highest BCUT2D eigenvalue weighted by molar-refractivity contribution is 7.89. The Morgan fingerprint density at radius 1 is 1.11 bits per heavy atom. The molecule has 11 heteroatoms. The van der Waals surface area contributed by atoms with Crippen molar-refractivity contribution >= 4 is 16.1 Å². The highest BCUT2D eigenvalue weighted by Gasteiger charge is 2.24. The summed E-state index contributed by atoms with van der Waals surface area (Å²) in [5, 5.41) is 10.2. The van der Waals surface area contributed by atoms with Crippen LogP contribution in [0.15, 0.2) is 30.3 Å². The van der Waals surface area contributed by atoms with E-state index in [1.54, 1.807) is 4.68 Å². The quantitative estimate of drug-likeness (QED) is 0.312. The van der Waals surface area contributed by atoms with Crippen LogP contribution in [0.4, 0.5) is 4.79 Å². The zero-order chi connectivity index (χ0) is 26.6. The van der Waals surface area contributed by atoms with Crippen molar-refractivity contribution in [3.63, 3.8) is 0 Å². The van der Waals surface area contributed by atoms with Gasteiger partial charge < -0.3 is 15.5 Å². The molecule has 1 aromatic heterocycles. The normalized spacial score (nSPS) is 12.8. The van der Waals surface area contributed by atoms with E-state index in [1.807, 2.05) is 51.1 Å². The molecule has 202 valence electrons. The minimum atomic E-state index is -3.54. The van der Waals surface area contributed by atoms with Crippen molar-refractivity contribution < 1.29 is 13.2 Å². The number of carbonyl (C=O) groups excluding carboxylic acids is 1. The standard InChI is InChI=1S/C25H43N7O3S/c1-6-31(7-2)17-12-18-36(34,35)30-22(16-15-21-13-10-9-11-14-21)24-28-23(32(8-3)29-24)19-26-25(33)27-20(4)5/h9-11,13-14,20,22,30H,6-8,12,15-19H2,1-5H3,(H2,26,27,33)/t22-/m1/s1. The van der Waals surface area contributed by atoms with Crippen molar-refractivity contribution in [1.29, 1.82) is 0 Å². The van der Waals surface area contributed by atoms with Gasteiger partial charge in [0.2, 0.25) is 10.0 Å². The first-order valence-electron chi connectivity index (χ1n) is 12.9. The number of carbonyl (C=O) groups is 1. The van der Waals surface area contributed by atoms with Gasteiger partial charge in [0.25, 0.3) is 0 Å². The molecule has 0 spiro atoms. The summed E-state index contributed by atoms with van der Waals surface area (Å²) in [6.45, 7) is 13.1. The maximum Gasteiger partial charge on any atom is 0.315 e. The molecule has 36 heavy (non-hydrogen) atoms. The number of benzene rings is 1. The van der Waals surface area contributed by atoms with E-state index in [0.717, 1.165) is 25.2 Å². The van der Waals surface area contributed by atoms with Crippen molar-refractivity contribution in [3.8, 4) is 0 Å². The van der Waals surface area contributed by atoms with E-state index in [2.05, 4.69) is 44.2 Å². The summed E-state index contributed by atoms with van der Waals surface area (Å²) in [6, 6.07) is 9.11. The first-order valence-corrected chi connectivity index (χ1v) is 14.6. The number of rotatable bonds is 16. The van der Waals surface area contributed by atoms with E-state index in [0.29, 0.717) is 37.5 Å². The molecule has 0 fully saturated rings. The molecule has 2 aromatic rings. The predicted molar refractivity (Wildman–Crippen MR) is 143 cm³/mol. The second-order valence-electron chi connectivity index (χ2n) is 9.08. The average Bonchev–Trinajstić information content (AvgIpc) is 3.26. The van der Waals surface area contributed by atoms with Gasteiger partial charge in [0, 0.05) is 12.6 Å². The van der Waals surface area contributed by atoms with E-state index in [9.17, 15) is 13.2 Å². The molecule has 0 unspecified atom stereocenters. The molecule has 0 radical (unpaired) electrons. The molecule has 0 aliphatic rings. The number of hydrogen-bond donors (Lipinski definition) is 3. The molecule has 0 aliphatic carbocycles. The maximum atomic E-state index is 13.0. The smallest absolute Gasteiger partial charge is 0.315 e. The molecule has 0 aliphatic heterocycles. The highest BCUT2D eigenvalue weighted by Crippen LogP contribution is 2.19. The lowest BCUT2D eigenvalue weighted by molar-refractivity contribution is 0.237. The number of aryl methyl sites for hydroxylation is 2. The molecular formula is C25H43N7O3S. The third-order valence-electron chi connectivity index (χ3n) is 5.87. The van der Waals surface area contributed by atoms with Crippen molar-refractivity contribution in [2.75, 3.05) is 25.4 Å². The van der Waals surface area contributed by atoms with Crippen LogP contribution >= 0.6 is 0 Å². The summed E-state index contributed by atoms with van der Waals surface area (Å²) >= 11 is 0. The molecule has 1 atom stereocenters. The topological polar surface area (TPSA) is 121 Å². The maximum absolute atomic E-state index is 13.0. The van der Waals surface area contributed by atoms with E-state index < -0.39 is 16.1 Å². The van der Waals surface area contributed by atoms with Gasteiger partial charge in [-0.2, -0.15) is 5.10 Å². The number of nitrogens with one attached hydrogen (secondary N) is 3. The van der Waals surface area contributed by atoms with Gasteiger partial charge in [-0.25, -0.2) is 27.6 Å². The second-order valence-corrected chi connectivity index (χ2v) is 11.0. The van der Waals surface area contributed by atoms with Gasteiger partial charge in [-0.15, -0.1) is 0 Å². The molecule has 2 amide bonds. The van der Waals surface area contributed by atoms with Crippen LogP contribution in [0, 0.1) is 0 Å². The number of aromatic nitrogens is 3. The van der Waals surface area contributed by atoms with Crippen molar-refractivity contribution in [1.82, 2.24) is 35.0 Å². The number of hydrogen-bond acceptors (Lipinski definition) is 6. The van der Waals surface area contributed by atoms with Crippen LogP contribution in [0.5, 0.6) is 0 Å². The number of urea groups is 1. The molecule has 2 rings (SSSR count). The molecule has 1 aromatic carbocycles. The van der Waals surface area contributed by atoms with Crippen LogP contribution in [0.2, 0.25) is 0 Å². The van der Waals surface area contributed by atoms with E-state index in [-0.39, 0.29) is 24.4 Å². The highest BCUT2D eigenvalue weighted by atomic mass is 32.2. The van der Waals surface area contributed by atoms with Crippen LogP contribution in [-0.2, 0) is 29.5 Å². The molecular weight excluding hydrogens is 478 g/mol. The van der Waals surface area contributed by atoms with Gasteiger partial charge >= 0.3 is 6.03 Å². The van der Waals surface area contributed by atoms with Gasteiger partial charge in [-0.1, -0.05) is 44.2 Å². The first-order chi connectivity index (χ1) is 17.2. The van der Waals surface area contributed by atoms with E-state index >= 15 is 0 Å². The monoisotopic (exact) mass is 521 g/mol. The molecule has 0 saturated carbocycles. The van der Waals surface area contributed by atoms with E-state index in [1.165, 1.54) is 0 Å². The van der Waals surface area contributed by atoms with Gasteiger partial charge in [-0.05, 0) is 65.2 Å². The van der Waals surface area contributed by atoms with E-state index in [4.69, 9.17) is 0 Å². The van der Waals surface area contributed by atoms with Crippen LogP contribution in [-0.4, -0.2) is 65.5 Å². The zero-order valence-corrected chi connectivity index (χ0v) is 23.1. The molecule has 0 saturated heterocycles. The summed E-state index contributed by atoms with van der Waals surface area (Å²) in [6.07, 6.45) is 1.76. The zero-order valence-electron chi connectivity index (χ0n) is 22.3. The van der Waals surface area contributed by atoms with Crippen LogP contribution in [0.25, 0.3) is 0 Å². The summed E-state index contributed by atoms with van der Waals surface area (Å²) in [7, 11) is -3.54. The lowest BCUT2D eigenvalue weighted by Crippen LogP contribution is -2.39. The van der Waals surface area contributed by atoms with Gasteiger partial charge in [-0.3, -0.25) is 0 Å².